The van der Waals surface area contributed by atoms with E-state index in [1.54, 1.807) is 6.33 Å². The van der Waals surface area contributed by atoms with Gasteiger partial charge in [0.05, 0.1) is 13.4 Å². The molecule has 0 N–H and O–H groups in total. The van der Waals surface area contributed by atoms with E-state index in [0.29, 0.717) is 17.2 Å². The Morgan fingerprint density at radius 1 is 1.19 bits per heavy atom. The van der Waals surface area contributed by atoms with Crippen LogP contribution in [-0.2, 0) is 16.1 Å². The van der Waals surface area contributed by atoms with Crippen LogP contribution in [0.1, 0.15) is 38.5 Å². The predicted molar refractivity (Wildman–Crippen MR) is 80.1 cm³/mol. The molecule has 0 unspecified atom stereocenters. The standard InChI is InChI=1S/C14H19ClN4O2/c1-21-11(20)7-5-3-2-4-6-8-19-10-18-14-12(19)13(15)16-9-17-14/h9-10H,2-8H2,1H3. The predicted octanol–water partition coefficient (Wildman–Crippen LogP) is 2.99. The summed E-state index contributed by atoms with van der Waals surface area (Å²) in [5, 5.41) is 0.440. The summed E-state index contributed by atoms with van der Waals surface area (Å²) < 4.78 is 6.60. The number of halogens is 1. The van der Waals surface area contributed by atoms with Gasteiger partial charge >= 0.3 is 5.97 Å². The van der Waals surface area contributed by atoms with Crippen LogP contribution in [0.15, 0.2) is 12.7 Å². The molecule has 0 bridgehead atoms. The van der Waals surface area contributed by atoms with Gasteiger partial charge in [0.15, 0.2) is 10.8 Å². The van der Waals surface area contributed by atoms with Crippen LogP contribution in [0, 0.1) is 0 Å². The molecule has 0 aliphatic heterocycles. The molecular formula is C14H19ClN4O2. The third kappa shape index (κ3) is 4.39. The van der Waals surface area contributed by atoms with Crippen LogP contribution in [0.4, 0.5) is 0 Å². The maximum atomic E-state index is 11.0. The molecule has 0 aliphatic carbocycles. The minimum atomic E-state index is -0.130. The van der Waals surface area contributed by atoms with Crippen molar-refractivity contribution in [2.45, 2.75) is 45.1 Å². The second-order valence-corrected chi connectivity index (χ2v) is 5.23. The zero-order valence-corrected chi connectivity index (χ0v) is 12.8. The minimum absolute atomic E-state index is 0.130. The Hall–Kier alpha value is -1.69. The van der Waals surface area contributed by atoms with E-state index in [1.165, 1.54) is 13.4 Å². The summed E-state index contributed by atoms with van der Waals surface area (Å²) >= 11 is 6.07. The number of nitrogens with zero attached hydrogens (tertiary/aromatic N) is 4. The molecule has 0 radical (unpaired) electrons. The molecule has 2 heterocycles. The van der Waals surface area contributed by atoms with Gasteiger partial charge in [0.2, 0.25) is 0 Å². The fourth-order valence-corrected chi connectivity index (χ4v) is 2.46. The van der Waals surface area contributed by atoms with Crippen molar-refractivity contribution in [3.8, 4) is 0 Å². The molecule has 2 aromatic heterocycles. The van der Waals surface area contributed by atoms with E-state index in [1.807, 2.05) is 4.57 Å². The number of rotatable bonds is 8. The Kier molecular flexibility index (Phi) is 5.92. The van der Waals surface area contributed by atoms with Crippen LogP contribution in [0.2, 0.25) is 5.15 Å². The van der Waals surface area contributed by atoms with Gasteiger partial charge < -0.3 is 9.30 Å². The summed E-state index contributed by atoms with van der Waals surface area (Å²) in [5.41, 5.74) is 1.43. The van der Waals surface area contributed by atoms with Crippen molar-refractivity contribution in [1.82, 2.24) is 19.5 Å². The van der Waals surface area contributed by atoms with E-state index in [9.17, 15) is 4.79 Å². The first kappa shape index (κ1) is 15.7. The summed E-state index contributed by atoms with van der Waals surface area (Å²) in [4.78, 5) is 23.2. The normalized spacial score (nSPS) is 11.0. The van der Waals surface area contributed by atoms with Crippen molar-refractivity contribution < 1.29 is 9.53 Å². The lowest BCUT2D eigenvalue weighted by atomic mass is 10.1. The zero-order chi connectivity index (χ0) is 15.1. The lowest BCUT2D eigenvalue weighted by molar-refractivity contribution is -0.140. The minimum Gasteiger partial charge on any atom is -0.469 e. The highest BCUT2D eigenvalue weighted by molar-refractivity contribution is 6.33. The first-order valence-electron chi connectivity index (χ1n) is 7.10. The molecule has 0 aromatic carbocycles. The first-order chi connectivity index (χ1) is 10.2. The van der Waals surface area contributed by atoms with Crippen LogP contribution < -0.4 is 0 Å². The molecule has 0 fully saturated rings. The third-order valence-electron chi connectivity index (χ3n) is 3.37. The van der Waals surface area contributed by atoms with E-state index in [-0.39, 0.29) is 5.97 Å². The molecule has 0 saturated carbocycles. The maximum Gasteiger partial charge on any atom is 0.305 e. The quantitative estimate of drug-likeness (QED) is 0.426. The third-order valence-corrected chi connectivity index (χ3v) is 3.65. The van der Waals surface area contributed by atoms with Crippen molar-refractivity contribution in [3.63, 3.8) is 0 Å². The fourth-order valence-electron chi connectivity index (χ4n) is 2.23. The number of carbonyl (C=O) groups is 1. The number of esters is 1. The van der Waals surface area contributed by atoms with E-state index >= 15 is 0 Å². The number of fused-ring (bicyclic) bond motifs is 1. The Labute approximate surface area is 128 Å². The largest absolute Gasteiger partial charge is 0.469 e. The van der Waals surface area contributed by atoms with Crippen molar-refractivity contribution in [2.75, 3.05) is 7.11 Å². The van der Waals surface area contributed by atoms with Crippen molar-refractivity contribution >= 4 is 28.7 Å². The molecule has 0 spiro atoms. The van der Waals surface area contributed by atoms with Gasteiger partial charge in [0.1, 0.15) is 11.8 Å². The highest BCUT2D eigenvalue weighted by atomic mass is 35.5. The highest BCUT2D eigenvalue weighted by Gasteiger charge is 2.08. The Balaban J connectivity index is 1.70. The molecule has 114 valence electrons. The van der Waals surface area contributed by atoms with Crippen LogP contribution in [-0.4, -0.2) is 32.6 Å². The molecule has 2 rings (SSSR count). The number of unbranched alkanes of at least 4 members (excludes halogenated alkanes) is 4. The van der Waals surface area contributed by atoms with Crippen LogP contribution in [0.3, 0.4) is 0 Å². The van der Waals surface area contributed by atoms with Crippen molar-refractivity contribution in [1.29, 1.82) is 0 Å². The molecule has 0 aliphatic rings. The topological polar surface area (TPSA) is 69.9 Å². The maximum absolute atomic E-state index is 11.0. The number of imidazole rings is 1. The van der Waals surface area contributed by atoms with Gasteiger partial charge in [-0.25, -0.2) is 15.0 Å². The molecule has 0 saturated heterocycles. The summed E-state index contributed by atoms with van der Waals surface area (Å²) in [6.45, 7) is 0.848. The van der Waals surface area contributed by atoms with Crippen molar-refractivity contribution in [2.24, 2.45) is 0 Å². The molecule has 0 atom stereocenters. The number of aryl methyl sites for hydroxylation is 1. The lowest BCUT2D eigenvalue weighted by Crippen LogP contribution is -1.99. The fraction of sp³-hybridized carbons (Fsp3) is 0.571. The zero-order valence-electron chi connectivity index (χ0n) is 12.1. The number of hydrogen-bond acceptors (Lipinski definition) is 5. The second-order valence-electron chi connectivity index (χ2n) is 4.87. The van der Waals surface area contributed by atoms with Crippen LogP contribution in [0.25, 0.3) is 11.2 Å². The lowest BCUT2D eigenvalue weighted by Gasteiger charge is -2.05. The summed E-state index contributed by atoms with van der Waals surface area (Å²) in [5.74, 6) is -0.130. The molecule has 2 aromatic rings. The van der Waals surface area contributed by atoms with Gasteiger partial charge in [0, 0.05) is 13.0 Å². The van der Waals surface area contributed by atoms with E-state index in [0.717, 1.165) is 44.2 Å². The summed E-state index contributed by atoms with van der Waals surface area (Å²) in [6, 6.07) is 0. The number of ether oxygens (including phenoxy) is 1. The number of methoxy groups -OCH3 is 1. The Bertz CT molecular complexity index is 600. The van der Waals surface area contributed by atoms with Crippen molar-refractivity contribution in [3.05, 3.63) is 17.8 Å². The number of aromatic nitrogens is 4. The van der Waals surface area contributed by atoms with Gasteiger partial charge in [-0.2, -0.15) is 0 Å². The van der Waals surface area contributed by atoms with Gasteiger partial charge in [-0.05, 0) is 12.8 Å². The van der Waals surface area contributed by atoms with E-state index < -0.39 is 0 Å². The molecule has 7 heteroatoms. The average molecular weight is 311 g/mol. The van der Waals surface area contributed by atoms with Gasteiger partial charge in [0.25, 0.3) is 0 Å². The summed E-state index contributed by atoms with van der Waals surface area (Å²) in [6.07, 6.45) is 8.86. The van der Waals surface area contributed by atoms with Gasteiger partial charge in [-0.3, -0.25) is 4.79 Å². The molecular weight excluding hydrogens is 292 g/mol. The average Bonchev–Trinajstić information content (AvgIpc) is 2.90. The molecule has 21 heavy (non-hydrogen) atoms. The SMILES string of the molecule is COC(=O)CCCCCCCn1cnc2ncnc(Cl)c21. The van der Waals surface area contributed by atoms with Crippen LogP contribution in [0.5, 0.6) is 0 Å². The Morgan fingerprint density at radius 2 is 1.95 bits per heavy atom. The molecule has 0 amide bonds. The monoisotopic (exact) mass is 310 g/mol. The van der Waals surface area contributed by atoms with E-state index in [4.69, 9.17) is 11.6 Å². The second kappa shape index (κ2) is 7.93. The molecule has 6 nitrogen and oxygen atoms in total. The first-order valence-corrected chi connectivity index (χ1v) is 7.48. The number of hydrogen-bond donors (Lipinski definition) is 0. The van der Waals surface area contributed by atoms with E-state index in [2.05, 4.69) is 19.7 Å². The van der Waals surface area contributed by atoms with Gasteiger partial charge in [-0.1, -0.05) is 30.9 Å². The Morgan fingerprint density at radius 3 is 2.76 bits per heavy atom. The highest BCUT2D eigenvalue weighted by Crippen LogP contribution is 2.18. The smallest absolute Gasteiger partial charge is 0.305 e. The summed E-state index contributed by atoms with van der Waals surface area (Å²) in [7, 11) is 1.42. The van der Waals surface area contributed by atoms with Crippen LogP contribution >= 0.6 is 11.6 Å². The number of carbonyl (C=O) groups excluding carboxylic acids is 1. The van der Waals surface area contributed by atoms with Gasteiger partial charge in [-0.15, -0.1) is 0 Å².